The molecule has 7 heteroatoms. The summed E-state index contributed by atoms with van der Waals surface area (Å²) in [6, 6.07) is 2.03. The molecule has 146 valence electrons. The normalized spacial score (nSPS) is 17.5. The molecule has 28 heavy (non-hydrogen) atoms. The van der Waals surface area contributed by atoms with Crippen LogP contribution >= 0.6 is 11.3 Å². The molecule has 4 aromatic rings. The summed E-state index contributed by atoms with van der Waals surface area (Å²) in [7, 11) is 1.94. The lowest BCUT2D eigenvalue weighted by molar-refractivity contribution is 0.184. The van der Waals surface area contributed by atoms with Gasteiger partial charge in [0.1, 0.15) is 16.9 Å². The Hall–Kier alpha value is -2.28. The van der Waals surface area contributed by atoms with E-state index >= 15 is 0 Å². The Morgan fingerprint density at radius 2 is 2.11 bits per heavy atom. The number of hydrogen-bond acceptors (Lipinski definition) is 5. The van der Waals surface area contributed by atoms with E-state index in [1.807, 2.05) is 40.6 Å². The molecule has 4 heterocycles. The molecule has 0 bridgehead atoms. The largest absolute Gasteiger partial charge is 0.272 e. The Labute approximate surface area is 168 Å². The molecule has 5 rings (SSSR count). The molecule has 0 spiro atoms. The molecule has 0 saturated carbocycles. The van der Waals surface area contributed by atoms with Gasteiger partial charge in [0.05, 0.1) is 5.39 Å². The van der Waals surface area contributed by atoms with Gasteiger partial charge in [0, 0.05) is 17.6 Å². The average molecular weight is 395 g/mol. The number of nitrogens with zero attached hydrogens (tertiary/aromatic N) is 6. The van der Waals surface area contributed by atoms with Crippen molar-refractivity contribution in [3.8, 4) is 11.5 Å². The molecule has 0 saturated heterocycles. The van der Waals surface area contributed by atoms with E-state index in [0.29, 0.717) is 11.2 Å². The van der Waals surface area contributed by atoms with E-state index < -0.39 is 0 Å². The van der Waals surface area contributed by atoms with Crippen molar-refractivity contribution in [2.75, 3.05) is 0 Å². The fraction of sp³-hybridized carbons (Fsp3) is 0.524. The van der Waals surface area contributed by atoms with Crippen molar-refractivity contribution >= 4 is 27.2 Å². The van der Waals surface area contributed by atoms with E-state index in [0.717, 1.165) is 40.6 Å². The summed E-state index contributed by atoms with van der Waals surface area (Å²) in [6.45, 7) is 9.16. The van der Waals surface area contributed by atoms with Crippen LogP contribution in [0, 0.1) is 18.3 Å². The van der Waals surface area contributed by atoms with Crippen molar-refractivity contribution in [3.05, 3.63) is 28.5 Å². The third-order valence-corrected chi connectivity index (χ3v) is 7.91. The molecule has 0 aromatic carbocycles. The molecular formula is C21H26N6S. The van der Waals surface area contributed by atoms with Gasteiger partial charge in [-0.15, -0.1) is 16.4 Å². The zero-order valence-electron chi connectivity index (χ0n) is 17.2. The maximum absolute atomic E-state index is 4.87. The average Bonchev–Trinajstić information content (AvgIpc) is 3.35. The minimum atomic E-state index is 0.384. The number of thiophene rings is 1. The van der Waals surface area contributed by atoms with Crippen LogP contribution in [0.2, 0.25) is 0 Å². The monoisotopic (exact) mass is 394 g/mol. The first-order valence-electron chi connectivity index (χ1n) is 10.0. The van der Waals surface area contributed by atoms with E-state index in [-0.39, 0.29) is 0 Å². The minimum Gasteiger partial charge on any atom is -0.272 e. The second-order valence-electron chi connectivity index (χ2n) is 8.71. The molecule has 0 fully saturated rings. The van der Waals surface area contributed by atoms with Crippen LogP contribution in [0.3, 0.4) is 0 Å². The molecule has 4 aromatic heterocycles. The first-order chi connectivity index (χ1) is 13.4. The van der Waals surface area contributed by atoms with Gasteiger partial charge in [-0.3, -0.25) is 4.68 Å². The molecule has 0 amide bonds. The van der Waals surface area contributed by atoms with E-state index in [4.69, 9.17) is 9.97 Å². The molecule has 0 unspecified atom stereocenters. The van der Waals surface area contributed by atoms with E-state index in [1.54, 1.807) is 6.33 Å². The molecule has 1 aliphatic rings. The van der Waals surface area contributed by atoms with Gasteiger partial charge in [0.2, 0.25) is 5.82 Å². The summed E-state index contributed by atoms with van der Waals surface area (Å²) < 4.78 is 3.67. The standard InChI is InChI=1S/C21H26N6S/c1-6-21(3,4)13-7-8-14-16(10-13)28-20-17(14)19-23-18(25-27(19)11-22-20)15-9-12(2)26(5)24-15/h9,11,13H,6-8,10H2,1-5H3/t13-/m1/s1. The van der Waals surface area contributed by atoms with E-state index in [1.165, 1.54) is 28.7 Å². The molecule has 6 nitrogen and oxygen atoms in total. The topological polar surface area (TPSA) is 60.9 Å². The first kappa shape index (κ1) is 17.8. The number of aryl methyl sites for hydroxylation is 3. The van der Waals surface area contributed by atoms with Gasteiger partial charge < -0.3 is 0 Å². The van der Waals surface area contributed by atoms with Crippen LogP contribution in [-0.2, 0) is 19.9 Å². The molecular weight excluding hydrogens is 368 g/mol. The molecule has 0 aliphatic heterocycles. The lowest BCUT2D eigenvalue weighted by Crippen LogP contribution is -2.28. The maximum atomic E-state index is 4.87. The van der Waals surface area contributed by atoms with E-state index in [2.05, 4.69) is 31.0 Å². The van der Waals surface area contributed by atoms with Gasteiger partial charge in [-0.05, 0) is 49.1 Å². The third kappa shape index (κ3) is 2.59. The summed E-state index contributed by atoms with van der Waals surface area (Å²) in [4.78, 5) is 12.2. The van der Waals surface area contributed by atoms with Crippen LogP contribution in [0.15, 0.2) is 12.4 Å². The quantitative estimate of drug-likeness (QED) is 0.510. The Kier molecular flexibility index (Phi) is 3.88. The Morgan fingerprint density at radius 3 is 2.82 bits per heavy atom. The fourth-order valence-corrected chi connectivity index (χ4v) is 5.57. The second-order valence-corrected chi connectivity index (χ2v) is 9.79. The lowest BCUT2D eigenvalue weighted by atomic mass is 9.70. The van der Waals surface area contributed by atoms with Crippen LogP contribution in [0.1, 0.15) is 49.7 Å². The van der Waals surface area contributed by atoms with E-state index in [9.17, 15) is 0 Å². The Morgan fingerprint density at radius 1 is 1.29 bits per heavy atom. The van der Waals surface area contributed by atoms with Gasteiger partial charge in [0.25, 0.3) is 0 Å². The third-order valence-electron chi connectivity index (χ3n) is 6.75. The molecule has 1 aliphatic carbocycles. The highest BCUT2D eigenvalue weighted by molar-refractivity contribution is 7.19. The van der Waals surface area contributed by atoms with Crippen LogP contribution in [0.4, 0.5) is 0 Å². The molecule has 0 radical (unpaired) electrons. The predicted octanol–water partition coefficient (Wildman–Crippen LogP) is 4.59. The summed E-state index contributed by atoms with van der Waals surface area (Å²) in [5.74, 6) is 1.40. The highest BCUT2D eigenvalue weighted by Gasteiger charge is 2.33. The van der Waals surface area contributed by atoms with Crippen molar-refractivity contribution in [1.29, 1.82) is 0 Å². The van der Waals surface area contributed by atoms with Gasteiger partial charge in [-0.25, -0.2) is 14.5 Å². The summed E-state index contributed by atoms with van der Waals surface area (Å²) >= 11 is 1.84. The van der Waals surface area contributed by atoms with Crippen LogP contribution in [-0.4, -0.2) is 29.4 Å². The fourth-order valence-electron chi connectivity index (χ4n) is 4.31. The van der Waals surface area contributed by atoms with Crippen molar-refractivity contribution in [3.63, 3.8) is 0 Å². The lowest BCUT2D eigenvalue weighted by Gasteiger charge is -2.36. The summed E-state index contributed by atoms with van der Waals surface area (Å²) in [6.07, 6.45) is 6.51. The minimum absolute atomic E-state index is 0.384. The number of rotatable bonds is 3. The zero-order valence-corrected chi connectivity index (χ0v) is 18.0. The van der Waals surface area contributed by atoms with Crippen molar-refractivity contribution < 1.29 is 0 Å². The number of fused-ring (bicyclic) bond motifs is 5. The Bertz CT molecular complexity index is 1180. The molecule has 1 atom stereocenters. The number of hydrogen-bond donors (Lipinski definition) is 0. The summed E-state index contributed by atoms with van der Waals surface area (Å²) in [5.41, 5.74) is 4.64. The van der Waals surface area contributed by atoms with Crippen molar-refractivity contribution in [2.24, 2.45) is 18.4 Å². The van der Waals surface area contributed by atoms with Gasteiger partial charge in [-0.2, -0.15) is 5.10 Å². The highest BCUT2D eigenvalue weighted by Crippen LogP contribution is 2.45. The smallest absolute Gasteiger partial charge is 0.202 e. The second kappa shape index (κ2) is 6.11. The maximum Gasteiger partial charge on any atom is 0.202 e. The number of aromatic nitrogens is 6. The Balaban J connectivity index is 1.63. The van der Waals surface area contributed by atoms with Crippen molar-refractivity contribution in [2.45, 2.75) is 53.4 Å². The van der Waals surface area contributed by atoms with Crippen LogP contribution < -0.4 is 0 Å². The van der Waals surface area contributed by atoms with Crippen LogP contribution in [0.5, 0.6) is 0 Å². The van der Waals surface area contributed by atoms with Gasteiger partial charge >= 0.3 is 0 Å². The van der Waals surface area contributed by atoms with Gasteiger partial charge in [0.15, 0.2) is 5.65 Å². The van der Waals surface area contributed by atoms with Crippen LogP contribution in [0.25, 0.3) is 27.4 Å². The first-order valence-corrected chi connectivity index (χ1v) is 10.9. The molecule has 0 N–H and O–H groups in total. The predicted molar refractivity (Wildman–Crippen MR) is 113 cm³/mol. The van der Waals surface area contributed by atoms with Gasteiger partial charge in [-0.1, -0.05) is 27.2 Å². The SMILES string of the molecule is CCC(C)(C)[C@@H]1CCc2c(sc3ncn4nc(-c5cc(C)n(C)n5)nc4c23)C1. The highest BCUT2D eigenvalue weighted by atomic mass is 32.1. The van der Waals surface area contributed by atoms with Crippen molar-refractivity contribution in [1.82, 2.24) is 29.4 Å². The summed E-state index contributed by atoms with van der Waals surface area (Å²) in [5, 5.41) is 10.4. The zero-order chi connectivity index (χ0) is 19.6.